The van der Waals surface area contributed by atoms with Gasteiger partial charge in [0.15, 0.2) is 0 Å². The predicted octanol–water partition coefficient (Wildman–Crippen LogP) is 1.27. The second-order valence-electron chi connectivity index (χ2n) is 3.78. The molecule has 0 amide bonds. The normalized spacial score (nSPS) is 30.4. The smallest absolute Gasteiger partial charge is 0.115 e. The van der Waals surface area contributed by atoms with Crippen molar-refractivity contribution in [2.75, 3.05) is 0 Å². The first-order valence-corrected chi connectivity index (χ1v) is 4.65. The van der Waals surface area contributed by atoms with Gasteiger partial charge in [-0.25, -0.2) is 0 Å². The highest BCUT2D eigenvalue weighted by atomic mass is 16.3. The molecule has 14 heavy (non-hydrogen) atoms. The van der Waals surface area contributed by atoms with Gasteiger partial charge >= 0.3 is 0 Å². The van der Waals surface area contributed by atoms with Crippen LogP contribution < -0.4 is 5.73 Å². The zero-order valence-corrected chi connectivity index (χ0v) is 7.77. The summed E-state index contributed by atoms with van der Waals surface area (Å²) in [6.45, 7) is 0. The number of phenolic OH excluding ortho intramolecular Hbond substituents is 1. The minimum absolute atomic E-state index is 0.0722. The minimum atomic E-state index is -0.520. The van der Waals surface area contributed by atoms with Crippen LogP contribution in [0.4, 0.5) is 0 Å². The van der Waals surface area contributed by atoms with E-state index in [1.165, 1.54) is 0 Å². The summed E-state index contributed by atoms with van der Waals surface area (Å²) in [5.74, 6) is 0.217. The van der Waals surface area contributed by atoms with Crippen LogP contribution in [0.15, 0.2) is 24.3 Å². The maximum absolute atomic E-state index is 9.14. The third-order valence-corrected chi connectivity index (χ3v) is 3.06. The Kier molecular flexibility index (Phi) is 1.94. The topological polar surface area (TPSA) is 70.0 Å². The van der Waals surface area contributed by atoms with E-state index < -0.39 is 5.41 Å². The van der Waals surface area contributed by atoms with Gasteiger partial charge in [-0.2, -0.15) is 5.26 Å². The van der Waals surface area contributed by atoms with Crippen molar-refractivity contribution in [3.05, 3.63) is 29.8 Å². The number of rotatable bonds is 1. The number of benzene rings is 1. The molecule has 1 fully saturated rings. The highest BCUT2D eigenvalue weighted by Crippen LogP contribution is 2.42. The average Bonchev–Trinajstić information content (AvgIpc) is 2.20. The van der Waals surface area contributed by atoms with Crippen LogP contribution in [-0.2, 0) is 5.41 Å². The van der Waals surface area contributed by atoms with Crippen LogP contribution in [0, 0.1) is 11.3 Å². The van der Waals surface area contributed by atoms with Crippen molar-refractivity contribution in [2.45, 2.75) is 24.3 Å². The van der Waals surface area contributed by atoms with Crippen molar-refractivity contribution in [3.63, 3.8) is 0 Å². The average molecular weight is 188 g/mol. The van der Waals surface area contributed by atoms with Crippen LogP contribution in [0.2, 0.25) is 0 Å². The molecule has 0 radical (unpaired) electrons. The molecule has 3 nitrogen and oxygen atoms in total. The van der Waals surface area contributed by atoms with E-state index in [9.17, 15) is 0 Å². The van der Waals surface area contributed by atoms with Gasteiger partial charge in [0.2, 0.25) is 0 Å². The monoisotopic (exact) mass is 188 g/mol. The van der Waals surface area contributed by atoms with E-state index in [2.05, 4.69) is 6.07 Å². The first-order chi connectivity index (χ1) is 6.69. The van der Waals surface area contributed by atoms with Crippen molar-refractivity contribution < 1.29 is 5.11 Å². The van der Waals surface area contributed by atoms with Gasteiger partial charge in [0, 0.05) is 6.04 Å². The molecule has 1 aliphatic rings. The molecule has 2 rings (SSSR count). The van der Waals surface area contributed by atoms with Crippen LogP contribution in [0.3, 0.4) is 0 Å². The fourth-order valence-corrected chi connectivity index (χ4v) is 1.92. The first kappa shape index (κ1) is 9.04. The van der Waals surface area contributed by atoms with Crippen LogP contribution in [-0.4, -0.2) is 11.1 Å². The first-order valence-electron chi connectivity index (χ1n) is 4.65. The molecule has 0 spiro atoms. The minimum Gasteiger partial charge on any atom is -0.508 e. The number of hydrogen-bond acceptors (Lipinski definition) is 3. The van der Waals surface area contributed by atoms with E-state index in [-0.39, 0.29) is 11.8 Å². The Hall–Kier alpha value is -1.53. The molecule has 1 aromatic carbocycles. The van der Waals surface area contributed by atoms with Gasteiger partial charge in [-0.15, -0.1) is 0 Å². The Morgan fingerprint density at radius 3 is 2.43 bits per heavy atom. The predicted molar refractivity (Wildman–Crippen MR) is 52.6 cm³/mol. The Morgan fingerprint density at radius 2 is 2.07 bits per heavy atom. The van der Waals surface area contributed by atoms with E-state index >= 15 is 0 Å². The van der Waals surface area contributed by atoms with Crippen LogP contribution in [0.5, 0.6) is 5.75 Å². The van der Waals surface area contributed by atoms with Crippen LogP contribution in [0.25, 0.3) is 0 Å². The molecule has 0 saturated heterocycles. The lowest BCUT2D eigenvalue weighted by atomic mass is 9.62. The molecule has 0 aliphatic heterocycles. The van der Waals surface area contributed by atoms with Gasteiger partial charge < -0.3 is 10.8 Å². The zero-order valence-electron chi connectivity index (χ0n) is 7.77. The third kappa shape index (κ3) is 1.08. The summed E-state index contributed by atoms with van der Waals surface area (Å²) in [5, 5.41) is 18.3. The summed E-state index contributed by atoms with van der Waals surface area (Å²) in [5.41, 5.74) is 6.25. The van der Waals surface area contributed by atoms with Crippen molar-refractivity contribution >= 4 is 0 Å². The molecule has 1 aromatic rings. The summed E-state index contributed by atoms with van der Waals surface area (Å²) >= 11 is 0. The molecule has 2 unspecified atom stereocenters. The molecule has 1 saturated carbocycles. The maximum atomic E-state index is 9.14. The lowest BCUT2D eigenvalue weighted by Crippen LogP contribution is -2.53. The summed E-state index contributed by atoms with van der Waals surface area (Å²) in [6, 6.07) is 8.97. The Bertz CT molecular complexity index is 379. The molecule has 72 valence electrons. The van der Waals surface area contributed by atoms with Gasteiger partial charge in [-0.05, 0) is 30.5 Å². The molecule has 1 aliphatic carbocycles. The van der Waals surface area contributed by atoms with Crippen molar-refractivity contribution in [1.29, 1.82) is 5.26 Å². The molecule has 3 heteroatoms. The second-order valence-corrected chi connectivity index (χ2v) is 3.78. The number of aromatic hydroxyl groups is 1. The van der Waals surface area contributed by atoms with Gasteiger partial charge in [0.1, 0.15) is 5.75 Å². The number of phenols is 1. The van der Waals surface area contributed by atoms with Gasteiger partial charge in [-0.1, -0.05) is 12.1 Å². The Morgan fingerprint density at radius 1 is 1.43 bits per heavy atom. The standard InChI is InChI=1S/C11H12N2O/c12-7-11(6-5-10(11)13)8-1-3-9(14)4-2-8/h1-4,10,14H,5-6,13H2. The lowest BCUT2D eigenvalue weighted by molar-refractivity contribution is 0.263. The van der Waals surface area contributed by atoms with Gasteiger partial charge in [0.25, 0.3) is 0 Å². The van der Waals surface area contributed by atoms with E-state index in [0.717, 1.165) is 18.4 Å². The summed E-state index contributed by atoms with van der Waals surface area (Å²) in [6.07, 6.45) is 1.71. The highest BCUT2D eigenvalue weighted by Gasteiger charge is 2.46. The van der Waals surface area contributed by atoms with Crippen molar-refractivity contribution in [1.82, 2.24) is 0 Å². The molecule has 0 aromatic heterocycles. The summed E-state index contributed by atoms with van der Waals surface area (Å²) in [4.78, 5) is 0. The summed E-state index contributed by atoms with van der Waals surface area (Å²) in [7, 11) is 0. The molecule has 2 atom stereocenters. The Labute approximate surface area is 82.8 Å². The largest absolute Gasteiger partial charge is 0.508 e. The lowest BCUT2D eigenvalue weighted by Gasteiger charge is -2.42. The fourth-order valence-electron chi connectivity index (χ4n) is 1.92. The maximum Gasteiger partial charge on any atom is 0.115 e. The number of hydrogen-bond donors (Lipinski definition) is 2. The van der Waals surface area contributed by atoms with Gasteiger partial charge in [-0.3, -0.25) is 0 Å². The number of nitrogens with zero attached hydrogens (tertiary/aromatic N) is 1. The molecule has 0 bridgehead atoms. The van der Waals surface area contributed by atoms with E-state index in [0.29, 0.717) is 0 Å². The van der Waals surface area contributed by atoms with Crippen molar-refractivity contribution in [2.24, 2.45) is 5.73 Å². The Balaban J connectivity index is 2.39. The molecular weight excluding hydrogens is 176 g/mol. The molecular formula is C11H12N2O. The highest BCUT2D eigenvalue weighted by molar-refractivity contribution is 5.40. The zero-order chi connectivity index (χ0) is 10.2. The van der Waals surface area contributed by atoms with Crippen LogP contribution in [0.1, 0.15) is 18.4 Å². The molecule has 0 heterocycles. The van der Waals surface area contributed by atoms with E-state index in [1.807, 2.05) is 0 Å². The van der Waals surface area contributed by atoms with E-state index in [4.69, 9.17) is 16.1 Å². The third-order valence-electron chi connectivity index (χ3n) is 3.06. The van der Waals surface area contributed by atoms with Crippen molar-refractivity contribution in [3.8, 4) is 11.8 Å². The number of nitrogens with two attached hydrogens (primary N) is 1. The second kappa shape index (κ2) is 3.00. The van der Waals surface area contributed by atoms with E-state index in [1.54, 1.807) is 24.3 Å². The SMILES string of the molecule is N#CC1(c2ccc(O)cc2)CCC1N. The number of nitriles is 1. The molecule has 3 N–H and O–H groups in total. The summed E-state index contributed by atoms with van der Waals surface area (Å²) < 4.78 is 0. The van der Waals surface area contributed by atoms with Gasteiger partial charge in [0.05, 0.1) is 11.5 Å². The van der Waals surface area contributed by atoms with Crippen LogP contribution >= 0.6 is 0 Å². The fraction of sp³-hybridized carbons (Fsp3) is 0.364. The quantitative estimate of drug-likeness (QED) is 0.697.